The van der Waals surface area contributed by atoms with E-state index in [-0.39, 0.29) is 0 Å². The molecule has 0 aliphatic carbocycles. The molecule has 106 valence electrons. The van der Waals surface area contributed by atoms with Gasteiger partial charge in [-0.2, -0.15) is 0 Å². The van der Waals surface area contributed by atoms with E-state index in [4.69, 9.17) is 15.2 Å². The van der Waals surface area contributed by atoms with Crippen LogP contribution in [0.5, 0.6) is 0 Å². The molecule has 4 unspecified atom stereocenters. The molecule has 2 rings (SSSR count). The van der Waals surface area contributed by atoms with Crippen LogP contribution in [0.1, 0.15) is 33.1 Å². The third-order valence-corrected chi connectivity index (χ3v) is 4.39. The molecule has 2 aliphatic heterocycles. The van der Waals surface area contributed by atoms with Gasteiger partial charge in [0.05, 0.1) is 19.3 Å². The number of hydrogen-bond donors (Lipinski definition) is 1. The van der Waals surface area contributed by atoms with E-state index >= 15 is 0 Å². The third kappa shape index (κ3) is 3.23. The number of nitrogens with two attached hydrogens (primary N) is 1. The number of ether oxygens (including phenoxy) is 2. The van der Waals surface area contributed by atoms with E-state index in [0.717, 1.165) is 39.3 Å². The summed E-state index contributed by atoms with van der Waals surface area (Å²) in [4.78, 5) is 2.59. The molecule has 0 aromatic rings. The van der Waals surface area contributed by atoms with Crippen LogP contribution in [0.3, 0.4) is 0 Å². The van der Waals surface area contributed by atoms with Gasteiger partial charge in [-0.1, -0.05) is 6.92 Å². The molecular weight excluding hydrogens is 228 g/mol. The van der Waals surface area contributed by atoms with Crippen molar-refractivity contribution in [3.8, 4) is 0 Å². The number of nitrogens with zero attached hydrogens (tertiary/aromatic N) is 1. The average molecular weight is 256 g/mol. The SMILES string of the molecule is CCC1COC(C)CN1C(CN)C1CCCOC1. The van der Waals surface area contributed by atoms with Crippen molar-refractivity contribution in [1.82, 2.24) is 4.90 Å². The molecule has 0 saturated carbocycles. The van der Waals surface area contributed by atoms with Crippen molar-refractivity contribution in [1.29, 1.82) is 0 Å². The minimum absolute atomic E-state index is 0.325. The molecule has 2 aliphatic rings. The lowest BCUT2D eigenvalue weighted by Gasteiger charge is -2.46. The van der Waals surface area contributed by atoms with Crippen molar-refractivity contribution in [2.45, 2.75) is 51.3 Å². The van der Waals surface area contributed by atoms with Gasteiger partial charge in [0.15, 0.2) is 0 Å². The van der Waals surface area contributed by atoms with E-state index in [1.165, 1.54) is 12.8 Å². The first-order valence-corrected chi connectivity index (χ1v) is 7.41. The van der Waals surface area contributed by atoms with Crippen molar-refractivity contribution < 1.29 is 9.47 Å². The van der Waals surface area contributed by atoms with E-state index in [1.807, 2.05) is 0 Å². The second kappa shape index (κ2) is 6.85. The Morgan fingerprint density at radius 3 is 2.83 bits per heavy atom. The molecule has 0 bridgehead atoms. The standard InChI is InChI=1S/C14H28N2O2/c1-3-13-10-18-11(2)8-16(13)14(7-15)12-5-4-6-17-9-12/h11-14H,3-10,15H2,1-2H3. The van der Waals surface area contributed by atoms with Gasteiger partial charge in [0.1, 0.15) is 0 Å². The molecule has 0 amide bonds. The molecule has 2 heterocycles. The topological polar surface area (TPSA) is 47.7 Å². The van der Waals surface area contributed by atoms with Crippen molar-refractivity contribution in [3.05, 3.63) is 0 Å². The van der Waals surface area contributed by atoms with Gasteiger partial charge in [0.2, 0.25) is 0 Å². The van der Waals surface area contributed by atoms with Crippen LogP contribution in [0, 0.1) is 5.92 Å². The fourth-order valence-electron chi connectivity index (χ4n) is 3.30. The highest BCUT2D eigenvalue weighted by atomic mass is 16.5. The van der Waals surface area contributed by atoms with Gasteiger partial charge >= 0.3 is 0 Å². The zero-order chi connectivity index (χ0) is 13.0. The Labute approximate surface area is 111 Å². The Morgan fingerprint density at radius 1 is 1.39 bits per heavy atom. The molecule has 2 N–H and O–H groups in total. The van der Waals surface area contributed by atoms with Crippen molar-refractivity contribution in [2.75, 3.05) is 32.9 Å². The van der Waals surface area contributed by atoms with Gasteiger partial charge in [0, 0.05) is 31.8 Å². The molecule has 0 aromatic heterocycles. The van der Waals surface area contributed by atoms with Crippen LogP contribution >= 0.6 is 0 Å². The first kappa shape index (κ1) is 14.3. The van der Waals surface area contributed by atoms with Gasteiger partial charge < -0.3 is 15.2 Å². The van der Waals surface area contributed by atoms with Crippen molar-refractivity contribution in [3.63, 3.8) is 0 Å². The smallest absolute Gasteiger partial charge is 0.0674 e. The molecule has 4 atom stereocenters. The number of rotatable bonds is 4. The summed E-state index contributed by atoms with van der Waals surface area (Å²) in [5.74, 6) is 0.600. The predicted octanol–water partition coefficient (Wildman–Crippen LogP) is 1.24. The van der Waals surface area contributed by atoms with Crippen LogP contribution in [0.2, 0.25) is 0 Å². The number of hydrogen-bond acceptors (Lipinski definition) is 4. The van der Waals surface area contributed by atoms with Crippen LogP contribution in [0.25, 0.3) is 0 Å². The molecule has 2 fully saturated rings. The van der Waals surface area contributed by atoms with Gasteiger partial charge in [0.25, 0.3) is 0 Å². The van der Waals surface area contributed by atoms with Crippen molar-refractivity contribution >= 4 is 0 Å². The van der Waals surface area contributed by atoms with Crippen LogP contribution in [0.4, 0.5) is 0 Å². The maximum Gasteiger partial charge on any atom is 0.0674 e. The second-order valence-corrected chi connectivity index (χ2v) is 5.68. The fourth-order valence-corrected chi connectivity index (χ4v) is 3.30. The third-order valence-electron chi connectivity index (χ3n) is 4.39. The molecule has 2 saturated heterocycles. The maximum atomic E-state index is 6.06. The lowest BCUT2D eigenvalue weighted by molar-refractivity contribution is -0.0915. The van der Waals surface area contributed by atoms with E-state index in [2.05, 4.69) is 18.7 Å². The average Bonchev–Trinajstić information content (AvgIpc) is 2.41. The highest BCUT2D eigenvalue weighted by Crippen LogP contribution is 2.26. The van der Waals surface area contributed by atoms with E-state index in [1.54, 1.807) is 0 Å². The Hall–Kier alpha value is -0.160. The van der Waals surface area contributed by atoms with E-state index in [9.17, 15) is 0 Å². The van der Waals surface area contributed by atoms with Gasteiger partial charge in [-0.15, -0.1) is 0 Å². The summed E-state index contributed by atoms with van der Waals surface area (Å²) in [6, 6.07) is 0.985. The highest BCUT2D eigenvalue weighted by Gasteiger charge is 2.35. The molecule has 0 aromatic carbocycles. The quantitative estimate of drug-likeness (QED) is 0.822. The highest BCUT2D eigenvalue weighted by molar-refractivity contribution is 4.89. The van der Waals surface area contributed by atoms with Crippen LogP contribution in [-0.2, 0) is 9.47 Å². The Morgan fingerprint density at radius 2 is 2.22 bits per heavy atom. The van der Waals surface area contributed by atoms with Gasteiger partial charge in [-0.25, -0.2) is 0 Å². The zero-order valence-corrected chi connectivity index (χ0v) is 11.8. The molecule has 0 spiro atoms. The molecule has 18 heavy (non-hydrogen) atoms. The normalized spacial score (nSPS) is 36.5. The summed E-state index contributed by atoms with van der Waals surface area (Å²) in [7, 11) is 0. The van der Waals surface area contributed by atoms with E-state index in [0.29, 0.717) is 24.1 Å². The Kier molecular flexibility index (Phi) is 5.42. The first-order chi connectivity index (χ1) is 8.76. The Bertz CT molecular complexity index is 244. The van der Waals surface area contributed by atoms with Crippen molar-refractivity contribution in [2.24, 2.45) is 11.7 Å². The summed E-state index contributed by atoms with van der Waals surface area (Å²) in [6.45, 7) is 8.79. The molecule has 4 nitrogen and oxygen atoms in total. The lowest BCUT2D eigenvalue weighted by atomic mass is 9.90. The van der Waals surface area contributed by atoms with E-state index < -0.39 is 0 Å². The summed E-state index contributed by atoms with van der Waals surface area (Å²) >= 11 is 0. The van der Waals surface area contributed by atoms with Crippen LogP contribution in [-0.4, -0.2) is 56.0 Å². The maximum absolute atomic E-state index is 6.06. The summed E-state index contributed by atoms with van der Waals surface area (Å²) < 4.78 is 11.4. The summed E-state index contributed by atoms with van der Waals surface area (Å²) in [5, 5.41) is 0. The molecule has 0 radical (unpaired) electrons. The minimum atomic E-state index is 0.325. The second-order valence-electron chi connectivity index (χ2n) is 5.68. The lowest BCUT2D eigenvalue weighted by Crippen LogP contribution is -2.58. The van der Waals surface area contributed by atoms with Gasteiger partial charge in [-0.05, 0) is 32.1 Å². The summed E-state index contributed by atoms with van der Waals surface area (Å²) in [5.41, 5.74) is 6.06. The fraction of sp³-hybridized carbons (Fsp3) is 1.00. The first-order valence-electron chi connectivity index (χ1n) is 7.41. The minimum Gasteiger partial charge on any atom is -0.381 e. The molecule has 4 heteroatoms. The summed E-state index contributed by atoms with van der Waals surface area (Å²) in [6.07, 6.45) is 3.89. The van der Waals surface area contributed by atoms with Crippen LogP contribution in [0.15, 0.2) is 0 Å². The monoisotopic (exact) mass is 256 g/mol. The predicted molar refractivity (Wildman–Crippen MR) is 72.6 cm³/mol. The zero-order valence-electron chi connectivity index (χ0n) is 11.8. The Balaban J connectivity index is 2.03. The largest absolute Gasteiger partial charge is 0.381 e. The molecular formula is C14H28N2O2. The van der Waals surface area contributed by atoms with Crippen LogP contribution < -0.4 is 5.73 Å². The van der Waals surface area contributed by atoms with Gasteiger partial charge in [-0.3, -0.25) is 4.90 Å². The number of morpholine rings is 1.